The number of alkyl halides is 6. The van der Waals surface area contributed by atoms with Gasteiger partial charge >= 0.3 is 17.8 Å². The van der Waals surface area contributed by atoms with Gasteiger partial charge in [-0.25, -0.2) is 0 Å². The molecule has 2 aromatic heterocycles. The van der Waals surface area contributed by atoms with Crippen LogP contribution in [0.5, 0.6) is 17.2 Å². The van der Waals surface area contributed by atoms with Crippen LogP contribution < -0.4 is 14.2 Å². The number of hydrogen-bond acceptors (Lipinski definition) is 14. The van der Waals surface area contributed by atoms with E-state index in [4.69, 9.17) is 56.8 Å². The first kappa shape index (κ1) is 88.4. The minimum absolute atomic E-state index is 0.167. The fourth-order valence-corrected chi connectivity index (χ4v) is 16.0. The highest BCUT2D eigenvalue weighted by molar-refractivity contribution is 7.19. The van der Waals surface area contributed by atoms with Gasteiger partial charge in [-0.3, -0.25) is 0 Å². The molecule has 0 N–H and O–H groups in total. The molecular weight excluding hydrogens is 1400 g/mol. The summed E-state index contributed by atoms with van der Waals surface area (Å²) in [5.41, 5.74) is 2.58. The molecule has 106 heavy (non-hydrogen) atoms. The van der Waals surface area contributed by atoms with Gasteiger partial charge in [-0.05, 0) is 116 Å². The van der Waals surface area contributed by atoms with E-state index in [0.717, 1.165) is 103 Å². The maximum Gasteiger partial charge on any atom is 0.380 e. The number of methoxy groups -OCH3 is 3. The summed E-state index contributed by atoms with van der Waals surface area (Å²) in [6.45, 7) is 17.4. The Bertz CT molecular complexity index is 3390. The zero-order chi connectivity index (χ0) is 75.8. The van der Waals surface area contributed by atoms with Gasteiger partial charge in [0, 0.05) is 73.5 Å². The number of aryl methyl sites for hydroxylation is 2. The Labute approximate surface area is 637 Å². The molecule has 0 saturated carbocycles. The third-order valence-electron chi connectivity index (χ3n) is 19.7. The number of fused-ring (bicyclic) bond motifs is 2. The van der Waals surface area contributed by atoms with Crippen molar-refractivity contribution in [3.05, 3.63) is 98.2 Å². The number of benzene rings is 4. The molecule has 1 aliphatic rings. The number of halogens is 6. The molecule has 2 heterocycles. The first-order valence-electron chi connectivity index (χ1n) is 39.7. The van der Waals surface area contributed by atoms with Crippen molar-refractivity contribution in [3.8, 4) is 39.5 Å². The van der Waals surface area contributed by atoms with Crippen molar-refractivity contribution in [2.75, 3.05) is 140 Å². The average Bonchev–Trinajstić information content (AvgIpc) is 1.52. The standard InChI is InChI=1S/C86H124F6O12S2/c1-9-12-15-18-21-24-27-30-40-102-75-60-71(61-76(103-41-31-28-25-22-19-16-13-10-2)83(75)104-42-32-29-26-23-20-17-14-11-3)67-34-36-74-78(63-67)106-65(5)80(74)82-81(84(87,88)86(91,92)85(82,89)90)79-64(4)105-77-62-66(33-35-73(77)79)70-58-68(37-43-96-52-55-99-49-46-93-6)72(39-45-98-54-57-101-51-48-95-8)69(59-70)38-44-97-53-56-100-50-47-94-7/h33-36,58-63H,9-32,37-57H2,1-8H3. The summed E-state index contributed by atoms with van der Waals surface area (Å²) in [6, 6.07) is 18.4. The molecule has 594 valence electrons. The maximum absolute atomic E-state index is 17.3. The Kier molecular flexibility index (Phi) is 40.6. The zero-order valence-corrected chi connectivity index (χ0v) is 66.7. The number of hydrogen-bond donors (Lipinski definition) is 0. The van der Waals surface area contributed by atoms with Crippen LogP contribution in [0.3, 0.4) is 0 Å². The average molecular weight is 1530 g/mol. The van der Waals surface area contributed by atoms with E-state index < -0.39 is 28.9 Å². The van der Waals surface area contributed by atoms with Gasteiger partial charge < -0.3 is 56.8 Å². The second-order valence-electron chi connectivity index (χ2n) is 27.9. The van der Waals surface area contributed by atoms with E-state index >= 15 is 26.3 Å². The molecule has 0 fully saturated rings. The molecule has 12 nitrogen and oxygen atoms in total. The van der Waals surface area contributed by atoms with Crippen molar-refractivity contribution in [1.82, 2.24) is 0 Å². The lowest BCUT2D eigenvalue weighted by atomic mass is 9.89. The summed E-state index contributed by atoms with van der Waals surface area (Å²) in [5, 5.41) is 0.337. The predicted octanol–water partition coefficient (Wildman–Crippen LogP) is 23.1. The minimum Gasteiger partial charge on any atom is -0.490 e. The normalized spacial score (nSPS) is 14.1. The van der Waals surface area contributed by atoms with Gasteiger partial charge in [0.25, 0.3) is 0 Å². The predicted molar refractivity (Wildman–Crippen MR) is 422 cm³/mol. The molecule has 1 aliphatic carbocycles. The lowest BCUT2D eigenvalue weighted by molar-refractivity contribution is -0.254. The smallest absolute Gasteiger partial charge is 0.380 e. The van der Waals surface area contributed by atoms with E-state index in [1.807, 2.05) is 24.3 Å². The van der Waals surface area contributed by atoms with Crippen LogP contribution in [0.4, 0.5) is 26.3 Å². The summed E-state index contributed by atoms with van der Waals surface area (Å²) in [4.78, 5) is 0.405. The highest BCUT2D eigenvalue weighted by atomic mass is 32.1. The van der Waals surface area contributed by atoms with Gasteiger partial charge in [0.15, 0.2) is 11.5 Å². The van der Waals surface area contributed by atoms with E-state index in [2.05, 4.69) is 32.9 Å². The van der Waals surface area contributed by atoms with E-state index in [-0.39, 0.29) is 31.7 Å². The molecular formula is C86H124F6O12S2. The lowest BCUT2D eigenvalue weighted by Gasteiger charge is -2.26. The molecule has 7 rings (SSSR count). The van der Waals surface area contributed by atoms with Gasteiger partial charge in [0.05, 0.1) is 119 Å². The minimum atomic E-state index is -5.78. The highest BCUT2D eigenvalue weighted by Gasteiger charge is 2.80. The summed E-state index contributed by atoms with van der Waals surface area (Å²) < 4.78 is 174. The second-order valence-corrected chi connectivity index (χ2v) is 30.4. The maximum atomic E-state index is 17.3. The Hall–Kier alpha value is -4.84. The Morgan fingerprint density at radius 2 is 0.632 bits per heavy atom. The molecule has 0 amide bonds. The van der Waals surface area contributed by atoms with Gasteiger partial charge in [0.2, 0.25) is 5.75 Å². The van der Waals surface area contributed by atoms with Crippen molar-refractivity contribution >= 4 is 54.0 Å². The fraction of sp³-hybridized carbons (Fsp3) is 0.651. The molecule has 0 bridgehead atoms. The van der Waals surface area contributed by atoms with Crippen LogP contribution in [0.1, 0.15) is 212 Å². The Morgan fingerprint density at radius 3 is 0.991 bits per heavy atom. The van der Waals surface area contributed by atoms with Crippen LogP contribution >= 0.6 is 22.7 Å². The SMILES string of the molecule is CCCCCCCCCCOc1cc(-c2ccc3c(C4=C(c5c(C)sc6cc(-c7cc(CCOCCOCCOC)c(CCOCCOCCOC)c(CCOCCOCCOC)c7)ccc56)C(F)(F)C(F)(F)C4(F)F)c(C)sc3c2)cc(OCCCCCCCCCC)c1OCCCCCCCCCC. The molecule has 4 aromatic carbocycles. The number of allylic oxidation sites excluding steroid dienone is 2. The fourth-order valence-electron chi connectivity index (χ4n) is 13.8. The van der Waals surface area contributed by atoms with E-state index in [1.54, 1.807) is 52.5 Å². The molecule has 0 atom stereocenters. The number of thiophene rings is 2. The van der Waals surface area contributed by atoms with Crippen molar-refractivity contribution in [1.29, 1.82) is 0 Å². The van der Waals surface area contributed by atoms with Crippen molar-refractivity contribution in [3.63, 3.8) is 0 Å². The molecule has 0 spiro atoms. The van der Waals surface area contributed by atoms with E-state index in [1.165, 1.54) is 103 Å². The van der Waals surface area contributed by atoms with Crippen LogP contribution in [-0.2, 0) is 61.9 Å². The number of ether oxygens (including phenoxy) is 12. The largest absolute Gasteiger partial charge is 0.490 e. The molecule has 0 aliphatic heterocycles. The summed E-state index contributed by atoms with van der Waals surface area (Å²) >= 11 is 2.22. The van der Waals surface area contributed by atoms with Gasteiger partial charge in [-0.1, -0.05) is 192 Å². The third-order valence-corrected chi connectivity index (χ3v) is 21.9. The number of unbranched alkanes of at least 4 members (excludes halogenated alkanes) is 21. The first-order valence-corrected chi connectivity index (χ1v) is 41.3. The summed E-state index contributed by atoms with van der Waals surface area (Å²) in [7, 11) is 4.85. The summed E-state index contributed by atoms with van der Waals surface area (Å²) in [5.74, 6) is -14.7. The van der Waals surface area contributed by atoms with Crippen molar-refractivity contribution in [2.24, 2.45) is 0 Å². The summed E-state index contributed by atoms with van der Waals surface area (Å²) in [6.07, 6.45) is 29.0. The third kappa shape index (κ3) is 26.4. The van der Waals surface area contributed by atoms with Crippen LogP contribution in [-0.4, -0.2) is 158 Å². The molecule has 20 heteroatoms. The van der Waals surface area contributed by atoms with Gasteiger partial charge in [-0.15, -0.1) is 22.7 Å². The van der Waals surface area contributed by atoms with Crippen LogP contribution in [0, 0.1) is 13.8 Å². The lowest BCUT2D eigenvalue weighted by Crippen LogP contribution is -2.48. The zero-order valence-electron chi connectivity index (χ0n) is 65.1. The topological polar surface area (TPSA) is 111 Å². The molecule has 0 radical (unpaired) electrons. The van der Waals surface area contributed by atoms with Crippen molar-refractivity contribution in [2.45, 2.75) is 226 Å². The Balaban J connectivity index is 1.27. The van der Waals surface area contributed by atoms with E-state index in [0.29, 0.717) is 182 Å². The van der Waals surface area contributed by atoms with Gasteiger partial charge in [0.1, 0.15) is 0 Å². The monoisotopic (exact) mass is 1530 g/mol. The molecule has 6 aromatic rings. The quantitative estimate of drug-likeness (QED) is 0.0268. The van der Waals surface area contributed by atoms with Crippen LogP contribution in [0.25, 0.3) is 53.6 Å². The molecule has 0 unspecified atom stereocenters. The Morgan fingerprint density at radius 1 is 0.321 bits per heavy atom. The molecule has 0 saturated heterocycles. The first-order chi connectivity index (χ1) is 51.6. The van der Waals surface area contributed by atoms with Crippen molar-refractivity contribution < 1.29 is 83.2 Å². The van der Waals surface area contributed by atoms with Gasteiger partial charge in [-0.2, -0.15) is 26.3 Å². The van der Waals surface area contributed by atoms with Crippen LogP contribution in [0.2, 0.25) is 0 Å². The second kappa shape index (κ2) is 48.7. The highest BCUT2D eigenvalue weighted by Crippen LogP contribution is 2.67. The number of rotatable bonds is 61. The van der Waals surface area contributed by atoms with E-state index in [9.17, 15) is 0 Å². The van der Waals surface area contributed by atoms with Crippen LogP contribution in [0.15, 0.2) is 60.7 Å².